The van der Waals surface area contributed by atoms with E-state index in [0.717, 1.165) is 20.5 Å². The molecular weight excluding hydrogens is 377 g/mol. The number of amides is 1. The molecule has 104 valence electrons. The van der Waals surface area contributed by atoms with Gasteiger partial charge >= 0.3 is 0 Å². The highest BCUT2D eigenvalue weighted by atomic mass is 127. The fourth-order valence-corrected chi connectivity index (χ4v) is 2.63. The number of hydrogen-bond donors (Lipinski definition) is 2. The Bertz CT molecular complexity index is 751. The minimum absolute atomic E-state index is 0.103. The van der Waals surface area contributed by atoms with E-state index >= 15 is 0 Å². The predicted molar refractivity (Wildman–Crippen MR) is 91.1 cm³/mol. The number of rotatable bonds is 3. The van der Waals surface area contributed by atoms with Gasteiger partial charge in [0, 0.05) is 15.5 Å². The summed E-state index contributed by atoms with van der Waals surface area (Å²) in [6.45, 7) is 0. The molecule has 0 unspecified atom stereocenters. The van der Waals surface area contributed by atoms with Crippen molar-refractivity contribution in [2.75, 3.05) is 5.32 Å². The van der Waals surface area contributed by atoms with Crippen molar-refractivity contribution in [3.63, 3.8) is 0 Å². The summed E-state index contributed by atoms with van der Waals surface area (Å²) in [6.07, 6.45) is 1.71. The van der Waals surface area contributed by atoms with E-state index in [-0.39, 0.29) is 5.91 Å². The number of nitrogens with zero attached hydrogens (tertiary/aromatic N) is 1. The molecule has 1 heterocycles. The number of anilines is 1. The summed E-state index contributed by atoms with van der Waals surface area (Å²) in [5, 5.41) is 9.73. The van der Waals surface area contributed by atoms with E-state index in [1.54, 1.807) is 6.20 Å². The van der Waals surface area contributed by atoms with Gasteiger partial charge < -0.3 is 5.32 Å². The van der Waals surface area contributed by atoms with Crippen LogP contribution in [0.25, 0.3) is 11.3 Å². The lowest BCUT2D eigenvalue weighted by Crippen LogP contribution is -2.13. The van der Waals surface area contributed by atoms with Gasteiger partial charge in [-0.2, -0.15) is 5.10 Å². The van der Waals surface area contributed by atoms with Crippen molar-refractivity contribution in [2.45, 2.75) is 0 Å². The molecule has 0 radical (unpaired) electrons. The van der Waals surface area contributed by atoms with Crippen molar-refractivity contribution in [2.24, 2.45) is 0 Å². The second-order valence-corrected chi connectivity index (χ2v) is 5.64. The Kier molecular flexibility index (Phi) is 4.01. The molecule has 5 heteroatoms. The van der Waals surface area contributed by atoms with Crippen molar-refractivity contribution in [1.29, 1.82) is 0 Å². The van der Waals surface area contributed by atoms with Crippen LogP contribution in [0.1, 0.15) is 10.4 Å². The third-order valence-electron chi connectivity index (χ3n) is 3.07. The van der Waals surface area contributed by atoms with E-state index in [9.17, 15) is 4.79 Å². The van der Waals surface area contributed by atoms with Crippen molar-refractivity contribution in [1.82, 2.24) is 10.2 Å². The van der Waals surface area contributed by atoms with Crippen LogP contribution in [-0.4, -0.2) is 16.1 Å². The van der Waals surface area contributed by atoms with Crippen LogP contribution in [-0.2, 0) is 0 Å². The van der Waals surface area contributed by atoms with Gasteiger partial charge in [0.05, 0.1) is 11.3 Å². The number of aromatic amines is 1. The zero-order valence-corrected chi connectivity index (χ0v) is 13.2. The SMILES string of the molecule is O=C(Nc1ccc(-c2ccn[nH]2)cc1)c1ccccc1I. The quantitative estimate of drug-likeness (QED) is 0.667. The minimum atomic E-state index is -0.103. The molecule has 3 rings (SSSR count). The largest absolute Gasteiger partial charge is 0.322 e. The first-order valence-corrected chi connectivity index (χ1v) is 7.47. The molecule has 0 fully saturated rings. The zero-order chi connectivity index (χ0) is 14.7. The second-order valence-electron chi connectivity index (χ2n) is 4.48. The van der Waals surface area contributed by atoms with E-state index in [0.29, 0.717) is 5.56 Å². The van der Waals surface area contributed by atoms with Crippen molar-refractivity contribution >= 4 is 34.2 Å². The Morgan fingerprint density at radius 2 is 1.81 bits per heavy atom. The fourth-order valence-electron chi connectivity index (χ4n) is 1.99. The number of nitrogens with one attached hydrogen (secondary N) is 2. The van der Waals surface area contributed by atoms with Gasteiger partial charge in [0.2, 0.25) is 0 Å². The van der Waals surface area contributed by atoms with Gasteiger partial charge in [0.15, 0.2) is 0 Å². The van der Waals surface area contributed by atoms with Crippen molar-refractivity contribution in [3.05, 3.63) is 69.9 Å². The first-order valence-electron chi connectivity index (χ1n) is 6.40. The Balaban J connectivity index is 1.77. The van der Waals surface area contributed by atoms with Crippen LogP contribution in [0.2, 0.25) is 0 Å². The number of carbonyl (C=O) groups excluding carboxylic acids is 1. The lowest BCUT2D eigenvalue weighted by Gasteiger charge is -2.07. The zero-order valence-electron chi connectivity index (χ0n) is 11.0. The van der Waals surface area contributed by atoms with Crippen LogP contribution in [0.4, 0.5) is 5.69 Å². The molecule has 0 aliphatic carbocycles. The Morgan fingerprint density at radius 1 is 1.05 bits per heavy atom. The highest BCUT2D eigenvalue weighted by Gasteiger charge is 2.09. The summed E-state index contributed by atoms with van der Waals surface area (Å²) in [7, 11) is 0. The Labute approximate surface area is 135 Å². The highest BCUT2D eigenvalue weighted by molar-refractivity contribution is 14.1. The van der Waals surface area contributed by atoms with Crippen molar-refractivity contribution in [3.8, 4) is 11.3 Å². The van der Waals surface area contributed by atoms with Gasteiger partial charge in [-0.3, -0.25) is 9.89 Å². The summed E-state index contributed by atoms with van der Waals surface area (Å²) in [5.74, 6) is -0.103. The summed E-state index contributed by atoms with van der Waals surface area (Å²) in [6, 6.07) is 17.1. The topological polar surface area (TPSA) is 57.8 Å². The monoisotopic (exact) mass is 389 g/mol. The van der Waals surface area contributed by atoms with Gasteiger partial charge in [-0.1, -0.05) is 24.3 Å². The number of halogens is 1. The van der Waals surface area contributed by atoms with Crippen LogP contribution in [0.3, 0.4) is 0 Å². The van der Waals surface area contributed by atoms with Gasteiger partial charge in [0.25, 0.3) is 5.91 Å². The van der Waals surface area contributed by atoms with Gasteiger partial charge in [-0.15, -0.1) is 0 Å². The first-order chi connectivity index (χ1) is 10.2. The Morgan fingerprint density at radius 3 is 2.48 bits per heavy atom. The molecule has 0 atom stereocenters. The second kappa shape index (κ2) is 6.09. The number of hydrogen-bond acceptors (Lipinski definition) is 2. The molecule has 0 bridgehead atoms. The maximum atomic E-state index is 12.2. The number of H-pyrrole nitrogens is 1. The van der Waals surface area contributed by atoms with E-state index in [4.69, 9.17) is 0 Å². The molecule has 4 nitrogen and oxygen atoms in total. The van der Waals surface area contributed by atoms with Crippen LogP contribution in [0.15, 0.2) is 60.8 Å². The molecule has 0 saturated heterocycles. The Hall–Kier alpha value is -2.15. The van der Waals surface area contributed by atoms with Crippen LogP contribution >= 0.6 is 22.6 Å². The summed E-state index contributed by atoms with van der Waals surface area (Å²) in [5.41, 5.74) is 3.42. The molecule has 2 N–H and O–H groups in total. The van der Waals surface area contributed by atoms with Crippen LogP contribution in [0.5, 0.6) is 0 Å². The average Bonchev–Trinajstić information content (AvgIpc) is 3.02. The number of carbonyl (C=O) groups is 1. The maximum Gasteiger partial charge on any atom is 0.256 e. The summed E-state index contributed by atoms with van der Waals surface area (Å²) >= 11 is 2.16. The smallest absolute Gasteiger partial charge is 0.256 e. The summed E-state index contributed by atoms with van der Waals surface area (Å²) in [4.78, 5) is 12.2. The fraction of sp³-hybridized carbons (Fsp3) is 0. The van der Waals surface area contributed by atoms with Gasteiger partial charge in [-0.05, 0) is 58.5 Å². The lowest BCUT2D eigenvalue weighted by molar-refractivity contribution is 0.102. The number of benzene rings is 2. The predicted octanol–water partition coefficient (Wildman–Crippen LogP) is 3.93. The molecule has 2 aromatic carbocycles. The first kappa shape index (κ1) is 13.8. The molecule has 21 heavy (non-hydrogen) atoms. The third-order valence-corrected chi connectivity index (χ3v) is 4.01. The van der Waals surface area contributed by atoms with E-state index in [2.05, 4.69) is 38.1 Å². The normalized spacial score (nSPS) is 10.3. The number of aromatic nitrogens is 2. The van der Waals surface area contributed by atoms with Crippen LogP contribution < -0.4 is 5.32 Å². The molecular formula is C16H12IN3O. The maximum absolute atomic E-state index is 12.2. The van der Waals surface area contributed by atoms with E-state index in [1.165, 1.54) is 0 Å². The summed E-state index contributed by atoms with van der Waals surface area (Å²) < 4.78 is 0.932. The molecule has 0 aliphatic heterocycles. The standard InChI is InChI=1S/C16H12IN3O/c17-14-4-2-1-3-13(14)16(21)19-12-7-5-11(6-8-12)15-9-10-18-20-15/h1-10H,(H,18,20)(H,19,21). The molecule has 1 aromatic heterocycles. The van der Waals surface area contributed by atoms with Crippen molar-refractivity contribution < 1.29 is 4.79 Å². The third kappa shape index (κ3) is 3.13. The van der Waals surface area contributed by atoms with Gasteiger partial charge in [0.1, 0.15) is 0 Å². The molecule has 3 aromatic rings. The molecule has 0 aliphatic rings. The highest BCUT2D eigenvalue weighted by Crippen LogP contribution is 2.20. The molecule has 0 spiro atoms. The van der Waals surface area contributed by atoms with Crippen LogP contribution in [0, 0.1) is 3.57 Å². The average molecular weight is 389 g/mol. The molecule has 0 saturated carbocycles. The van der Waals surface area contributed by atoms with E-state index < -0.39 is 0 Å². The van der Waals surface area contributed by atoms with E-state index in [1.807, 2.05) is 54.6 Å². The minimum Gasteiger partial charge on any atom is -0.322 e. The van der Waals surface area contributed by atoms with Gasteiger partial charge in [-0.25, -0.2) is 0 Å². The lowest BCUT2D eigenvalue weighted by atomic mass is 10.1. The molecule has 1 amide bonds.